The summed E-state index contributed by atoms with van der Waals surface area (Å²) in [6.45, 7) is 12.7. The number of rotatable bonds is 13. The maximum atomic E-state index is 12.9. The number of hydrogen-bond acceptors (Lipinski definition) is 5. The molecule has 6 nitrogen and oxygen atoms in total. The Morgan fingerprint density at radius 3 is 2.50 bits per heavy atom. The van der Waals surface area contributed by atoms with E-state index in [1.807, 2.05) is 36.4 Å². The molecule has 1 fully saturated rings. The summed E-state index contributed by atoms with van der Waals surface area (Å²) in [4.78, 5) is 26.2. The number of aliphatic hydroxyl groups excluding tert-OH is 1. The Balaban J connectivity index is 2.01. The van der Waals surface area contributed by atoms with Crippen molar-refractivity contribution in [1.82, 2.24) is 4.90 Å². The number of imide groups is 1. The number of hydrogen-bond donors (Lipinski definition) is 1. The van der Waals surface area contributed by atoms with Crippen molar-refractivity contribution in [2.24, 2.45) is 0 Å². The lowest BCUT2D eigenvalue weighted by atomic mass is 9.93. The van der Waals surface area contributed by atoms with Gasteiger partial charge in [-0.2, -0.15) is 0 Å². The van der Waals surface area contributed by atoms with Crippen LogP contribution >= 0.6 is 0 Å². The number of carbonyl (C=O) groups is 2. The van der Waals surface area contributed by atoms with Crippen LogP contribution in [0.3, 0.4) is 0 Å². The van der Waals surface area contributed by atoms with Gasteiger partial charge in [-0.1, -0.05) is 57.2 Å². The van der Waals surface area contributed by atoms with Crippen LogP contribution < -0.4 is 0 Å². The van der Waals surface area contributed by atoms with E-state index in [-0.39, 0.29) is 13.0 Å². The molecule has 1 aliphatic rings. The molecule has 1 N–H and O–H groups in total. The molecule has 1 saturated heterocycles. The van der Waals surface area contributed by atoms with Crippen molar-refractivity contribution in [3.8, 4) is 0 Å². The SMILES string of the molecule is C=CCC(C)(CC[C@H](O)CC(=O)N1C(=O)OC[C@@H]1c1ccccc1)O[Si](CC)(CC)CC. The molecule has 2 amide bonds. The standard InChI is InChI=1S/C25H39NO5Si/c1-6-16-25(5,31-32(7-2,8-3)9-4)17-15-21(27)18-23(28)26-22(19-30-24(26)29)20-13-11-10-12-14-20/h6,10-14,21-22,27H,1,7-9,15-19H2,2-5H3/t21-,22+,25?/m0/s1. The van der Waals surface area contributed by atoms with Crippen LogP contribution in [0.2, 0.25) is 18.1 Å². The third kappa shape index (κ3) is 6.53. The fourth-order valence-corrected chi connectivity index (χ4v) is 7.64. The summed E-state index contributed by atoms with van der Waals surface area (Å²) in [6, 6.07) is 12.0. The van der Waals surface area contributed by atoms with Gasteiger partial charge in [0, 0.05) is 0 Å². The molecule has 0 aliphatic carbocycles. The third-order valence-electron chi connectivity index (χ3n) is 6.71. The Morgan fingerprint density at radius 2 is 1.94 bits per heavy atom. The molecular formula is C25H39NO5Si. The molecule has 0 radical (unpaired) electrons. The van der Waals surface area contributed by atoms with Gasteiger partial charge in [-0.15, -0.1) is 6.58 Å². The third-order valence-corrected chi connectivity index (χ3v) is 11.5. The highest BCUT2D eigenvalue weighted by molar-refractivity contribution is 6.73. The highest BCUT2D eigenvalue weighted by Crippen LogP contribution is 2.34. The summed E-state index contributed by atoms with van der Waals surface area (Å²) in [6.07, 6.45) is 1.95. The van der Waals surface area contributed by atoms with Gasteiger partial charge in [0.25, 0.3) is 0 Å². The van der Waals surface area contributed by atoms with Gasteiger partial charge in [0.1, 0.15) is 12.6 Å². The first-order valence-electron chi connectivity index (χ1n) is 11.8. The number of benzene rings is 1. The Kier molecular flexibility index (Phi) is 9.67. The Bertz CT molecular complexity index is 759. The fourth-order valence-electron chi connectivity index (χ4n) is 4.48. The van der Waals surface area contributed by atoms with E-state index in [9.17, 15) is 14.7 Å². The summed E-state index contributed by atoms with van der Waals surface area (Å²) in [7, 11) is -1.84. The number of carbonyl (C=O) groups excluding carboxylic acids is 2. The van der Waals surface area contributed by atoms with Gasteiger partial charge in [0.2, 0.25) is 5.91 Å². The average Bonchev–Trinajstić information content (AvgIpc) is 3.19. The molecule has 0 saturated carbocycles. The van der Waals surface area contributed by atoms with E-state index in [1.165, 1.54) is 0 Å². The van der Waals surface area contributed by atoms with E-state index in [0.29, 0.717) is 19.3 Å². The average molecular weight is 462 g/mol. The summed E-state index contributed by atoms with van der Waals surface area (Å²) in [5.41, 5.74) is 0.423. The second kappa shape index (κ2) is 11.8. The van der Waals surface area contributed by atoms with E-state index < -0.39 is 38.1 Å². The minimum absolute atomic E-state index is 0.124. The van der Waals surface area contributed by atoms with Crippen LogP contribution in [-0.4, -0.2) is 48.6 Å². The number of cyclic esters (lactones) is 1. The number of nitrogens with zero attached hydrogens (tertiary/aromatic N) is 1. The highest BCUT2D eigenvalue weighted by Gasteiger charge is 2.40. The molecule has 1 aromatic carbocycles. The van der Waals surface area contributed by atoms with Crippen molar-refractivity contribution < 1.29 is 23.9 Å². The van der Waals surface area contributed by atoms with Crippen molar-refractivity contribution in [3.05, 3.63) is 48.6 Å². The maximum Gasteiger partial charge on any atom is 0.417 e. The van der Waals surface area contributed by atoms with Gasteiger partial charge in [-0.05, 0) is 49.9 Å². The van der Waals surface area contributed by atoms with Crippen LogP contribution in [0.15, 0.2) is 43.0 Å². The lowest BCUT2D eigenvalue weighted by Crippen LogP contribution is -2.46. The Hall–Kier alpha value is -1.96. The normalized spacial score (nSPS) is 19.3. The van der Waals surface area contributed by atoms with Gasteiger partial charge in [0.05, 0.1) is 18.1 Å². The number of amides is 2. The second-order valence-electron chi connectivity index (χ2n) is 8.95. The van der Waals surface area contributed by atoms with Crippen molar-refractivity contribution in [2.75, 3.05) is 6.61 Å². The van der Waals surface area contributed by atoms with Crippen molar-refractivity contribution >= 4 is 20.3 Å². The molecule has 1 heterocycles. The molecule has 1 aliphatic heterocycles. The smallest absolute Gasteiger partial charge is 0.417 e. The molecule has 0 bridgehead atoms. The zero-order chi connectivity index (χ0) is 23.8. The minimum Gasteiger partial charge on any atom is -0.446 e. The molecule has 2 rings (SSSR count). The van der Waals surface area contributed by atoms with Gasteiger partial charge >= 0.3 is 6.09 Å². The monoisotopic (exact) mass is 461 g/mol. The van der Waals surface area contributed by atoms with Gasteiger partial charge in [-0.25, -0.2) is 9.69 Å². The van der Waals surface area contributed by atoms with Crippen molar-refractivity contribution in [2.45, 2.75) is 89.3 Å². The molecular weight excluding hydrogens is 422 g/mol. The summed E-state index contributed by atoms with van der Waals surface area (Å²) in [5, 5.41) is 10.7. The largest absolute Gasteiger partial charge is 0.446 e. The lowest BCUT2D eigenvalue weighted by Gasteiger charge is -2.40. The quantitative estimate of drug-likeness (QED) is 0.306. The van der Waals surface area contributed by atoms with E-state index >= 15 is 0 Å². The zero-order valence-corrected chi connectivity index (χ0v) is 21.0. The van der Waals surface area contributed by atoms with Gasteiger partial charge in [0.15, 0.2) is 8.32 Å². The molecule has 1 unspecified atom stereocenters. The lowest BCUT2D eigenvalue weighted by molar-refractivity contribution is -0.131. The summed E-state index contributed by atoms with van der Waals surface area (Å²) >= 11 is 0. The van der Waals surface area contributed by atoms with E-state index in [2.05, 4.69) is 34.3 Å². The molecule has 0 aromatic heterocycles. The van der Waals surface area contributed by atoms with E-state index in [4.69, 9.17) is 9.16 Å². The first-order chi connectivity index (χ1) is 15.2. The summed E-state index contributed by atoms with van der Waals surface area (Å²) in [5.74, 6) is -0.417. The number of aliphatic hydroxyl groups is 1. The van der Waals surface area contributed by atoms with Crippen LogP contribution in [-0.2, 0) is 14.0 Å². The van der Waals surface area contributed by atoms with E-state index in [1.54, 1.807) is 0 Å². The van der Waals surface area contributed by atoms with Gasteiger partial charge < -0.3 is 14.3 Å². The highest BCUT2D eigenvalue weighted by atomic mass is 28.4. The minimum atomic E-state index is -1.84. The maximum absolute atomic E-state index is 12.9. The molecule has 3 atom stereocenters. The van der Waals surface area contributed by atoms with Crippen LogP contribution in [0.4, 0.5) is 4.79 Å². The Morgan fingerprint density at radius 1 is 1.31 bits per heavy atom. The molecule has 32 heavy (non-hydrogen) atoms. The zero-order valence-electron chi connectivity index (χ0n) is 20.0. The first-order valence-corrected chi connectivity index (χ1v) is 14.3. The second-order valence-corrected chi connectivity index (χ2v) is 13.6. The van der Waals surface area contributed by atoms with Crippen LogP contribution in [0.5, 0.6) is 0 Å². The van der Waals surface area contributed by atoms with E-state index in [0.717, 1.165) is 28.6 Å². The van der Waals surface area contributed by atoms with Crippen LogP contribution in [0.25, 0.3) is 0 Å². The van der Waals surface area contributed by atoms with Crippen LogP contribution in [0, 0.1) is 0 Å². The molecule has 7 heteroatoms. The van der Waals surface area contributed by atoms with Crippen molar-refractivity contribution in [1.29, 1.82) is 0 Å². The Labute approximate surface area is 193 Å². The topological polar surface area (TPSA) is 76.1 Å². The predicted octanol–water partition coefficient (Wildman–Crippen LogP) is 5.59. The number of ether oxygens (including phenoxy) is 1. The first kappa shape index (κ1) is 26.3. The summed E-state index contributed by atoms with van der Waals surface area (Å²) < 4.78 is 11.9. The fraction of sp³-hybridized carbons (Fsp3) is 0.600. The van der Waals surface area contributed by atoms with Crippen LogP contribution in [0.1, 0.15) is 65.0 Å². The molecule has 1 aromatic rings. The molecule has 0 spiro atoms. The molecule has 178 valence electrons. The van der Waals surface area contributed by atoms with Crippen molar-refractivity contribution in [3.63, 3.8) is 0 Å². The van der Waals surface area contributed by atoms with Gasteiger partial charge in [-0.3, -0.25) is 4.79 Å². The predicted molar refractivity (Wildman–Crippen MR) is 129 cm³/mol.